The predicted octanol–water partition coefficient (Wildman–Crippen LogP) is -0.340. The van der Waals surface area contributed by atoms with Crippen LogP contribution in [-0.4, -0.2) is 30.8 Å². The van der Waals surface area contributed by atoms with Crippen LogP contribution in [0.3, 0.4) is 0 Å². The lowest BCUT2D eigenvalue weighted by atomic mass is 10.2. The molecule has 2 atom stereocenters. The van der Waals surface area contributed by atoms with Crippen molar-refractivity contribution in [2.75, 3.05) is 6.61 Å². The van der Waals surface area contributed by atoms with Crippen LogP contribution in [-0.2, 0) is 14.3 Å². The highest BCUT2D eigenvalue weighted by molar-refractivity contribution is 5.84. The van der Waals surface area contributed by atoms with Crippen LogP contribution in [0.1, 0.15) is 6.92 Å². The van der Waals surface area contributed by atoms with Gasteiger partial charge in [-0.05, 0) is 6.92 Å². The van der Waals surface area contributed by atoms with Crippen LogP contribution in [0.5, 0.6) is 0 Å². The van der Waals surface area contributed by atoms with Gasteiger partial charge in [0.15, 0.2) is 12.6 Å². The average molecular weight is 183 g/mol. The first-order valence-corrected chi connectivity index (χ1v) is 3.72. The monoisotopic (exact) mass is 183 g/mol. The van der Waals surface area contributed by atoms with Crippen LogP contribution < -0.4 is 5.32 Å². The quantitative estimate of drug-likeness (QED) is 0.470. The highest BCUT2D eigenvalue weighted by Gasteiger charge is 2.37. The fourth-order valence-electron chi connectivity index (χ4n) is 0.968. The van der Waals surface area contributed by atoms with Crippen molar-refractivity contribution < 1.29 is 19.1 Å². The number of terminal acetylenes is 1. The van der Waals surface area contributed by atoms with Crippen LogP contribution in [0.4, 0.5) is 4.79 Å². The Labute approximate surface area is 75.4 Å². The van der Waals surface area contributed by atoms with E-state index in [9.17, 15) is 9.59 Å². The average Bonchev–Trinajstić information content (AvgIpc) is 2.41. The van der Waals surface area contributed by atoms with Crippen molar-refractivity contribution in [2.45, 2.75) is 19.1 Å². The molecule has 5 nitrogen and oxygen atoms in total. The number of carbonyl (C=O) groups is 2. The number of cyclic esters (lactones) is 1. The Morgan fingerprint density at radius 2 is 2.54 bits per heavy atom. The number of rotatable bonds is 2. The van der Waals surface area contributed by atoms with E-state index in [1.165, 1.54) is 0 Å². The molecule has 1 N–H and O–H groups in total. The summed E-state index contributed by atoms with van der Waals surface area (Å²) in [6, 6.07) is -0.749. The minimum Gasteiger partial charge on any atom is -0.451 e. The van der Waals surface area contributed by atoms with Crippen molar-refractivity contribution in [2.24, 2.45) is 0 Å². The second-order valence-electron chi connectivity index (χ2n) is 2.54. The smallest absolute Gasteiger partial charge is 0.408 e. The van der Waals surface area contributed by atoms with Gasteiger partial charge in [0.2, 0.25) is 0 Å². The molecule has 1 aliphatic heterocycles. The fourth-order valence-corrected chi connectivity index (χ4v) is 0.968. The van der Waals surface area contributed by atoms with Gasteiger partial charge in [-0.2, -0.15) is 0 Å². The van der Waals surface area contributed by atoms with Crippen molar-refractivity contribution in [3.63, 3.8) is 0 Å². The largest absolute Gasteiger partial charge is 0.451 e. The molecule has 1 amide bonds. The first kappa shape index (κ1) is 9.39. The molecule has 2 unspecified atom stereocenters. The van der Waals surface area contributed by atoms with Gasteiger partial charge in [0.05, 0.1) is 0 Å². The Morgan fingerprint density at radius 3 is 3.00 bits per heavy atom. The molecule has 1 aliphatic rings. The van der Waals surface area contributed by atoms with Gasteiger partial charge in [-0.15, -0.1) is 6.42 Å². The number of alkyl carbamates (subject to hydrolysis) is 1. The molecule has 1 fully saturated rings. The summed E-state index contributed by atoms with van der Waals surface area (Å²) in [7, 11) is 0. The molecule has 70 valence electrons. The molecule has 13 heavy (non-hydrogen) atoms. The number of hydrogen-bond acceptors (Lipinski definition) is 4. The van der Waals surface area contributed by atoms with Gasteiger partial charge in [-0.25, -0.2) is 9.59 Å². The van der Waals surface area contributed by atoms with Crippen LogP contribution in [0.25, 0.3) is 0 Å². The molecule has 0 aromatic carbocycles. The van der Waals surface area contributed by atoms with E-state index in [4.69, 9.17) is 6.42 Å². The van der Waals surface area contributed by atoms with Gasteiger partial charge in [0.25, 0.3) is 0 Å². The van der Waals surface area contributed by atoms with Crippen LogP contribution in [0.15, 0.2) is 0 Å². The van der Waals surface area contributed by atoms with E-state index in [0.717, 1.165) is 0 Å². The molecule has 1 heterocycles. The third-order valence-electron chi connectivity index (χ3n) is 1.59. The van der Waals surface area contributed by atoms with Crippen molar-refractivity contribution in [1.82, 2.24) is 5.32 Å². The Kier molecular flexibility index (Phi) is 2.75. The third kappa shape index (κ3) is 2.12. The third-order valence-corrected chi connectivity index (χ3v) is 1.59. The van der Waals surface area contributed by atoms with Crippen LogP contribution in [0, 0.1) is 12.3 Å². The number of esters is 1. The minimum absolute atomic E-state index is 0.0993. The van der Waals surface area contributed by atoms with Crippen LogP contribution in [0.2, 0.25) is 0 Å². The molecule has 0 radical (unpaired) electrons. The first-order valence-electron chi connectivity index (χ1n) is 3.72. The van der Waals surface area contributed by atoms with E-state index >= 15 is 0 Å². The highest BCUT2D eigenvalue weighted by atomic mass is 16.6. The molecular formula is C8H9NO4. The Balaban J connectivity index is 2.48. The van der Waals surface area contributed by atoms with E-state index in [-0.39, 0.29) is 6.61 Å². The van der Waals surface area contributed by atoms with Gasteiger partial charge in [0.1, 0.15) is 6.10 Å². The summed E-state index contributed by atoms with van der Waals surface area (Å²) >= 11 is 0. The number of carbonyl (C=O) groups excluding carboxylic acids is 2. The second-order valence-corrected chi connectivity index (χ2v) is 2.54. The van der Waals surface area contributed by atoms with E-state index in [1.807, 2.05) is 0 Å². The predicted molar refractivity (Wildman–Crippen MR) is 42.7 cm³/mol. The van der Waals surface area contributed by atoms with E-state index in [0.29, 0.717) is 0 Å². The summed E-state index contributed by atoms with van der Waals surface area (Å²) in [4.78, 5) is 21.8. The van der Waals surface area contributed by atoms with Gasteiger partial charge in [0, 0.05) is 0 Å². The maximum atomic E-state index is 11.1. The zero-order valence-corrected chi connectivity index (χ0v) is 7.07. The van der Waals surface area contributed by atoms with E-state index in [1.54, 1.807) is 6.92 Å². The molecule has 1 rings (SSSR count). The van der Waals surface area contributed by atoms with Crippen molar-refractivity contribution >= 4 is 12.1 Å². The zero-order chi connectivity index (χ0) is 9.84. The molecule has 0 aromatic heterocycles. The first-order chi connectivity index (χ1) is 6.15. The van der Waals surface area contributed by atoms with Gasteiger partial charge < -0.3 is 14.8 Å². The Morgan fingerprint density at radius 1 is 1.85 bits per heavy atom. The summed E-state index contributed by atoms with van der Waals surface area (Å²) in [6.45, 7) is 1.50. The summed E-state index contributed by atoms with van der Waals surface area (Å²) in [5, 5.41) is 2.31. The normalized spacial score (nSPS) is 25.7. The topological polar surface area (TPSA) is 64.6 Å². The molecule has 0 spiro atoms. The summed E-state index contributed by atoms with van der Waals surface area (Å²) < 4.78 is 9.30. The lowest BCUT2D eigenvalue weighted by Gasteiger charge is -2.09. The minimum atomic E-state index is -0.749. The number of nitrogens with one attached hydrogen (secondary N) is 1. The molecule has 0 aromatic rings. The van der Waals surface area contributed by atoms with Crippen molar-refractivity contribution in [1.29, 1.82) is 0 Å². The lowest BCUT2D eigenvalue weighted by molar-refractivity contribution is -0.145. The maximum absolute atomic E-state index is 11.1. The van der Waals surface area contributed by atoms with E-state index in [2.05, 4.69) is 20.7 Å². The standard InChI is InChI=1S/C8H9NO4/c1-3-4-12-7(10)6-5(2)13-8(11)9-6/h1,5-6H,4H2,2H3,(H,9,11). The summed E-state index contributed by atoms with van der Waals surface area (Å²) in [5.74, 6) is 1.58. The molecular weight excluding hydrogens is 174 g/mol. The number of amides is 1. The van der Waals surface area contributed by atoms with Gasteiger partial charge in [-0.1, -0.05) is 5.92 Å². The van der Waals surface area contributed by atoms with Crippen molar-refractivity contribution in [3.8, 4) is 12.3 Å². The fraction of sp³-hybridized carbons (Fsp3) is 0.500. The number of hydrogen-bond donors (Lipinski definition) is 1. The van der Waals surface area contributed by atoms with Gasteiger partial charge >= 0.3 is 12.1 Å². The van der Waals surface area contributed by atoms with E-state index < -0.39 is 24.2 Å². The summed E-state index contributed by atoms with van der Waals surface area (Å²) in [6.07, 6.45) is 3.76. The maximum Gasteiger partial charge on any atom is 0.408 e. The Bertz CT molecular complexity index is 268. The van der Waals surface area contributed by atoms with Crippen LogP contribution >= 0.6 is 0 Å². The second kappa shape index (κ2) is 3.81. The lowest BCUT2D eigenvalue weighted by Crippen LogP contribution is -2.39. The summed E-state index contributed by atoms with van der Waals surface area (Å²) in [5.41, 5.74) is 0. The van der Waals surface area contributed by atoms with Gasteiger partial charge in [-0.3, -0.25) is 0 Å². The number of ether oxygens (including phenoxy) is 2. The highest BCUT2D eigenvalue weighted by Crippen LogP contribution is 2.08. The SMILES string of the molecule is C#CCOC(=O)C1NC(=O)OC1C. The Hall–Kier alpha value is -1.70. The molecule has 0 aliphatic carbocycles. The zero-order valence-electron chi connectivity index (χ0n) is 7.07. The van der Waals surface area contributed by atoms with Crippen molar-refractivity contribution in [3.05, 3.63) is 0 Å². The molecule has 0 bridgehead atoms. The molecule has 0 saturated carbocycles. The molecule has 5 heteroatoms. The molecule has 1 saturated heterocycles.